The predicted molar refractivity (Wildman–Crippen MR) is 81.4 cm³/mol. The Morgan fingerprint density at radius 3 is 2.67 bits per heavy atom. The quantitative estimate of drug-likeness (QED) is 0.607. The van der Waals surface area contributed by atoms with Crippen LogP contribution >= 0.6 is 0 Å². The highest BCUT2D eigenvalue weighted by atomic mass is 32.2. The van der Waals surface area contributed by atoms with Gasteiger partial charge in [-0.2, -0.15) is 0 Å². The van der Waals surface area contributed by atoms with Crippen LogP contribution in [0.4, 0.5) is 0 Å². The summed E-state index contributed by atoms with van der Waals surface area (Å²) >= 11 is 0. The summed E-state index contributed by atoms with van der Waals surface area (Å²) in [6.45, 7) is 7.58. The summed E-state index contributed by atoms with van der Waals surface area (Å²) in [6, 6.07) is 3.10. The first kappa shape index (κ1) is 18.2. The number of hydrogen-bond donors (Lipinski definition) is 3. The number of hydrogen-bond acceptors (Lipinski definition) is 5. The van der Waals surface area contributed by atoms with E-state index in [0.29, 0.717) is 31.1 Å². The van der Waals surface area contributed by atoms with Crippen LogP contribution in [-0.4, -0.2) is 32.7 Å². The van der Waals surface area contributed by atoms with Gasteiger partial charge in [0.1, 0.15) is 5.76 Å². The zero-order chi connectivity index (χ0) is 15.9. The van der Waals surface area contributed by atoms with Gasteiger partial charge in [0.05, 0.1) is 12.6 Å². The second-order valence-electron chi connectivity index (χ2n) is 5.49. The van der Waals surface area contributed by atoms with Crippen LogP contribution in [0, 0.1) is 5.92 Å². The van der Waals surface area contributed by atoms with Crippen LogP contribution in [0.15, 0.2) is 21.6 Å². The van der Waals surface area contributed by atoms with Crippen molar-refractivity contribution in [3.63, 3.8) is 0 Å². The molecule has 1 aromatic heterocycles. The molecule has 21 heavy (non-hydrogen) atoms. The zero-order valence-electron chi connectivity index (χ0n) is 12.9. The third-order valence-corrected chi connectivity index (χ3v) is 4.33. The topological polar surface area (TPSA) is 91.6 Å². The van der Waals surface area contributed by atoms with E-state index >= 15 is 0 Å². The molecular formula is C14H26N2O4S. The summed E-state index contributed by atoms with van der Waals surface area (Å²) in [4.78, 5) is 0. The molecule has 0 spiro atoms. The number of furan rings is 1. The fourth-order valence-electron chi connectivity index (χ4n) is 1.72. The lowest BCUT2D eigenvalue weighted by Gasteiger charge is -2.08. The minimum Gasteiger partial charge on any atom is -0.447 e. The standard InChI is InChI=1S/C14H26N2O4S/c1-4-12(17)7-8-16-21(18,19)14-6-5-13(20-14)10-15-9-11(2)3/h5-6,11-12,15-17H,4,7-10H2,1-3H3. The largest absolute Gasteiger partial charge is 0.447 e. The molecule has 7 heteroatoms. The summed E-state index contributed by atoms with van der Waals surface area (Å²) in [6.07, 6.45) is 0.507. The molecule has 1 rings (SSSR count). The van der Waals surface area contributed by atoms with Crippen molar-refractivity contribution in [2.24, 2.45) is 5.92 Å². The van der Waals surface area contributed by atoms with Gasteiger partial charge in [0.2, 0.25) is 5.09 Å². The predicted octanol–water partition coefficient (Wildman–Crippen LogP) is 1.46. The summed E-state index contributed by atoms with van der Waals surface area (Å²) in [7, 11) is -3.64. The zero-order valence-corrected chi connectivity index (χ0v) is 13.7. The average Bonchev–Trinajstić information content (AvgIpc) is 2.87. The summed E-state index contributed by atoms with van der Waals surface area (Å²) in [5, 5.41) is 12.5. The molecule has 0 aliphatic carbocycles. The van der Waals surface area contributed by atoms with Crippen molar-refractivity contribution in [3.05, 3.63) is 17.9 Å². The maximum atomic E-state index is 12.0. The molecule has 0 aromatic carbocycles. The third kappa shape index (κ3) is 6.60. The SMILES string of the molecule is CCC(O)CCNS(=O)(=O)c1ccc(CNCC(C)C)o1. The molecular weight excluding hydrogens is 292 g/mol. The first-order chi connectivity index (χ1) is 9.85. The minimum absolute atomic E-state index is 0.0881. The van der Waals surface area contributed by atoms with Gasteiger partial charge < -0.3 is 14.8 Å². The molecule has 0 fully saturated rings. The lowest BCUT2D eigenvalue weighted by molar-refractivity contribution is 0.162. The van der Waals surface area contributed by atoms with Gasteiger partial charge in [-0.1, -0.05) is 20.8 Å². The Morgan fingerprint density at radius 1 is 1.33 bits per heavy atom. The van der Waals surface area contributed by atoms with Crippen molar-refractivity contribution < 1.29 is 17.9 Å². The van der Waals surface area contributed by atoms with Crippen molar-refractivity contribution in [3.8, 4) is 0 Å². The van der Waals surface area contributed by atoms with Gasteiger partial charge in [0.25, 0.3) is 10.0 Å². The van der Waals surface area contributed by atoms with Gasteiger partial charge in [-0.25, -0.2) is 13.1 Å². The van der Waals surface area contributed by atoms with Crippen LogP contribution in [0.2, 0.25) is 0 Å². The second-order valence-corrected chi connectivity index (χ2v) is 7.19. The Kier molecular flexibility index (Phi) is 7.37. The van der Waals surface area contributed by atoms with E-state index in [0.717, 1.165) is 6.54 Å². The van der Waals surface area contributed by atoms with E-state index in [1.807, 2.05) is 6.92 Å². The fraction of sp³-hybridized carbons (Fsp3) is 0.714. The Labute approximate surface area is 127 Å². The Balaban J connectivity index is 2.50. The summed E-state index contributed by atoms with van der Waals surface area (Å²) in [5.74, 6) is 1.11. The molecule has 6 nitrogen and oxygen atoms in total. The van der Waals surface area contributed by atoms with Crippen molar-refractivity contribution in [1.82, 2.24) is 10.0 Å². The molecule has 0 amide bonds. The molecule has 1 heterocycles. The highest BCUT2D eigenvalue weighted by molar-refractivity contribution is 7.89. The molecule has 0 aliphatic rings. The highest BCUT2D eigenvalue weighted by Crippen LogP contribution is 2.14. The molecule has 122 valence electrons. The van der Waals surface area contributed by atoms with E-state index in [2.05, 4.69) is 23.9 Å². The van der Waals surface area contributed by atoms with Crippen LogP contribution in [0.25, 0.3) is 0 Å². The first-order valence-electron chi connectivity index (χ1n) is 7.32. The summed E-state index contributed by atoms with van der Waals surface area (Å²) < 4.78 is 31.7. The molecule has 1 unspecified atom stereocenters. The molecule has 0 radical (unpaired) electrons. The molecule has 3 N–H and O–H groups in total. The van der Waals surface area contributed by atoms with Crippen LogP contribution < -0.4 is 10.0 Å². The van der Waals surface area contributed by atoms with E-state index in [1.54, 1.807) is 6.07 Å². The van der Waals surface area contributed by atoms with Crippen LogP contribution in [0.3, 0.4) is 0 Å². The van der Waals surface area contributed by atoms with Crippen LogP contribution in [-0.2, 0) is 16.6 Å². The van der Waals surface area contributed by atoms with E-state index in [-0.39, 0.29) is 11.6 Å². The van der Waals surface area contributed by atoms with Gasteiger partial charge in [0, 0.05) is 6.54 Å². The lowest BCUT2D eigenvalue weighted by atomic mass is 10.2. The fourth-order valence-corrected chi connectivity index (χ4v) is 2.71. The van der Waals surface area contributed by atoms with E-state index in [1.165, 1.54) is 6.07 Å². The number of aliphatic hydroxyl groups excluding tert-OH is 1. The van der Waals surface area contributed by atoms with Crippen LogP contribution in [0.5, 0.6) is 0 Å². The van der Waals surface area contributed by atoms with Crippen molar-refractivity contribution in [1.29, 1.82) is 0 Å². The molecule has 0 saturated carbocycles. The Morgan fingerprint density at radius 2 is 2.05 bits per heavy atom. The molecule has 0 saturated heterocycles. The van der Waals surface area contributed by atoms with Crippen molar-refractivity contribution in [2.75, 3.05) is 13.1 Å². The smallest absolute Gasteiger partial charge is 0.273 e. The molecule has 1 atom stereocenters. The number of rotatable bonds is 10. The average molecular weight is 318 g/mol. The molecule has 1 aromatic rings. The van der Waals surface area contributed by atoms with E-state index in [4.69, 9.17) is 4.42 Å². The van der Waals surface area contributed by atoms with Gasteiger partial charge in [-0.15, -0.1) is 0 Å². The molecule has 0 bridgehead atoms. The Bertz CT molecular complexity index is 511. The Hall–Kier alpha value is -0.890. The monoisotopic (exact) mass is 318 g/mol. The molecule has 0 aliphatic heterocycles. The number of aliphatic hydroxyl groups is 1. The van der Waals surface area contributed by atoms with Gasteiger partial charge >= 0.3 is 0 Å². The van der Waals surface area contributed by atoms with Crippen molar-refractivity contribution in [2.45, 2.75) is 51.4 Å². The maximum absolute atomic E-state index is 12.0. The van der Waals surface area contributed by atoms with Gasteiger partial charge in [0.15, 0.2) is 0 Å². The van der Waals surface area contributed by atoms with Crippen molar-refractivity contribution >= 4 is 10.0 Å². The lowest BCUT2D eigenvalue weighted by Crippen LogP contribution is -2.27. The number of sulfonamides is 1. The first-order valence-corrected chi connectivity index (χ1v) is 8.80. The second kappa shape index (κ2) is 8.53. The van der Waals surface area contributed by atoms with E-state index in [9.17, 15) is 13.5 Å². The maximum Gasteiger partial charge on any atom is 0.273 e. The minimum atomic E-state index is -3.64. The normalized spacial score (nSPS) is 13.8. The number of nitrogens with one attached hydrogen (secondary N) is 2. The summed E-state index contributed by atoms with van der Waals surface area (Å²) in [5.41, 5.74) is 0. The van der Waals surface area contributed by atoms with Gasteiger partial charge in [-0.3, -0.25) is 0 Å². The van der Waals surface area contributed by atoms with Crippen LogP contribution in [0.1, 0.15) is 39.4 Å². The van der Waals surface area contributed by atoms with Gasteiger partial charge in [-0.05, 0) is 37.4 Å². The van der Waals surface area contributed by atoms with E-state index < -0.39 is 16.1 Å². The highest BCUT2D eigenvalue weighted by Gasteiger charge is 2.18. The third-order valence-electron chi connectivity index (χ3n) is 2.99.